The molecule has 4 aliphatic rings. The van der Waals surface area contributed by atoms with Crippen molar-refractivity contribution in [1.82, 2.24) is 4.90 Å². The largest absolute Gasteiger partial charge is 0.447 e. The number of carbonyl (C=O) groups is 3. The van der Waals surface area contributed by atoms with Crippen LogP contribution in [-0.2, 0) is 44.2 Å². The van der Waals surface area contributed by atoms with Crippen LogP contribution < -0.4 is 9.80 Å². The van der Waals surface area contributed by atoms with Crippen LogP contribution in [0, 0.1) is 5.92 Å². The van der Waals surface area contributed by atoms with Crippen molar-refractivity contribution < 1.29 is 33.8 Å². The van der Waals surface area contributed by atoms with Gasteiger partial charge in [-0.15, -0.1) is 0 Å². The topological polar surface area (TPSA) is 120 Å². The van der Waals surface area contributed by atoms with Crippen molar-refractivity contribution in [3.8, 4) is 0 Å². The summed E-state index contributed by atoms with van der Waals surface area (Å²) in [5.74, 6) is -0.943. The van der Waals surface area contributed by atoms with Gasteiger partial charge >= 0.3 is 6.09 Å². The standard InChI is InChI=1S/C36H40ClN3O7Si/c1-22-33(48(2,3)45)31(18-32(42)39-20-25-9-5-4-8-24(25)16-28(39)21-41)47-36(22)29-17-26(37)11-12-30(29)40(34(36)43)19-23-7-6-10-27(15-23)38-13-14-46-35(38)44/h4-12,15,17,22,28,31,33,41,45H,13-14,16,18-21H2,1-3H3/t22-,28-,31+,33-,36+/m0/s1. The number of fused-ring (bicyclic) bond motifs is 3. The van der Waals surface area contributed by atoms with E-state index in [2.05, 4.69) is 0 Å². The molecule has 0 saturated carbocycles. The van der Waals surface area contributed by atoms with Crippen molar-refractivity contribution in [1.29, 1.82) is 0 Å². The maximum Gasteiger partial charge on any atom is 0.414 e. The van der Waals surface area contributed by atoms with Crippen molar-refractivity contribution in [2.24, 2.45) is 5.92 Å². The van der Waals surface area contributed by atoms with Crippen LogP contribution in [0.15, 0.2) is 66.7 Å². The highest BCUT2D eigenvalue weighted by molar-refractivity contribution is 6.71. The smallest absolute Gasteiger partial charge is 0.414 e. The minimum absolute atomic E-state index is 0.0381. The van der Waals surface area contributed by atoms with Gasteiger partial charge in [0, 0.05) is 34.3 Å². The molecule has 0 bridgehead atoms. The Kier molecular flexibility index (Phi) is 8.40. The molecule has 3 aromatic rings. The lowest BCUT2D eigenvalue weighted by atomic mass is 9.82. The molecule has 10 nitrogen and oxygen atoms in total. The molecule has 2 fully saturated rings. The first-order valence-electron chi connectivity index (χ1n) is 16.4. The lowest BCUT2D eigenvalue weighted by Gasteiger charge is -2.37. The quantitative estimate of drug-likeness (QED) is 0.336. The van der Waals surface area contributed by atoms with Crippen LogP contribution >= 0.6 is 11.6 Å². The average molecular weight is 690 g/mol. The van der Waals surface area contributed by atoms with Crippen molar-refractivity contribution >= 4 is 49.2 Å². The van der Waals surface area contributed by atoms with E-state index >= 15 is 0 Å². The molecule has 5 atom stereocenters. The second-order valence-corrected chi connectivity index (χ2v) is 18.3. The van der Waals surface area contributed by atoms with Crippen LogP contribution in [0.4, 0.5) is 16.2 Å². The summed E-state index contributed by atoms with van der Waals surface area (Å²) in [5, 5.41) is 10.7. The Morgan fingerprint density at radius 2 is 1.83 bits per heavy atom. The van der Waals surface area contributed by atoms with E-state index in [1.54, 1.807) is 26.8 Å². The number of amides is 3. The summed E-state index contributed by atoms with van der Waals surface area (Å²) in [6, 6.07) is 20.3. The number of aliphatic hydroxyl groups is 1. The van der Waals surface area contributed by atoms with Crippen LogP contribution in [0.2, 0.25) is 23.7 Å². The Balaban J connectivity index is 1.22. The maximum absolute atomic E-state index is 14.8. The first-order valence-corrected chi connectivity index (χ1v) is 19.8. The van der Waals surface area contributed by atoms with Crippen molar-refractivity contribution in [3.63, 3.8) is 0 Å². The van der Waals surface area contributed by atoms with Gasteiger partial charge in [0.1, 0.15) is 6.61 Å². The third-order valence-electron chi connectivity index (χ3n) is 10.5. The molecule has 0 aliphatic carbocycles. The van der Waals surface area contributed by atoms with Gasteiger partial charge in [0.15, 0.2) is 13.9 Å². The Morgan fingerprint density at radius 3 is 2.54 bits per heavy atom. The summed E-state index contributed by atoms with van der Waals surface area (Å²) >= 11 is 6.56. The van der Waals surface area contributed by atoms with Crippen molar-refractivity contribution in [3.05, 3.63) is 94.0 Å². The third-order valence-corrected chi connectivity index (χ3v) is 13.3. The molecule has 3 amide bonds. The van der Waals surface area contributed by atoms with Gasteiger partial charge in [-0.05, 0) is 66.5 Å². The zero-order valence-electron chi connectivity index (χ0n) is 27.3. The highest BCUT2D eigenvalue weighted by atomic mass is 35.5. The van der Waals surface area contributed by atoms with Crippen LogP contribution in [0.3, 0.4) is 0 Å². The summed E-state index contributed by atoms with van der Waals surface area (Å²) in [4.78, 5) is 57.8. The van der Waals surface area contributed by atoms with Crippen LogP contribution in [0.5, 0.6) is 0 Å². The summed E-state index contributed by atoms with van der Waals surface area (Å²) in [6.45, 7) is 6.76. The van der Waals surface area contributed by atoms with Crippen LogP contribution in [0.25, 0.3) is 0 Å². The molecule has 0 radical (unpaired) electrons. The number of carbonyl (C=O) groups excluding carboxylic acids is 3. The average Bonchev–Trinajstić information content (AvgIpc) is 3.69. The molecule has 12 heteroatoms. The highest BCUT2D eigenvalue weighted by Gasteiger charge is 2.66. The van der Waals surface area contributed by atoms with Gasteiger partial charge in [-0.3, -0.25) is 14.5 Å². The molecule has 4 aliphatic heterocycles. The highest BCUT2D eigenvalue weighted by Crippen LogP contribution is 2.60. The number of hydrogen-bond donors (Lipinski definition) is 2. The van der Waals surface area contributed by atoms with Gasteiger partial charge in [0.2, 0.25) is 5.91 Å². The maximum atomic E-state index is 14.8. The summed E-state index contributed by atoms with van der Waals surface area (Å²) < 4.78 is 12.0. The number of anilines is 2. The molecule has 2 saturated heterocycles. The number of hydrogen-bond acceptors (Lipinski definition) is 7. The first-order chi connectivity index (χ1) is 22.9. The van der Waals surface area contributed by atoms with E-state index in [-0.39, 0.29) is 37.4 Å². The summed E-state index contributed by atoms with van der Waals surface area (Å²) in [7, 11) is -3.03. The van der Waals surface area contributed by atoms with Gasteiger partial charge < -0.3 is 29.2 Å². The fourth-order valence-electron chi connectivity index (χ4n) is 8.37. The molecule has 252 valence electrons. The van der Waals surface area contributed by atoms with E-state index in [9.17, 15) is 24.3 Å². The SMILES string of the molecule is C[C@H]1[C@H]([Si](C)(C)O)[C@@H](CC(=O)N2Cc3ccccc3C[C@H]2CO)O[C@]12C(=O)N(Cc1cccc(N3CCOC3=O)c1)c1ccc(Cl)cc12. The van der Waals surface area contributed by atoms with E-state index in [0.717, 1.165) is 16.7 Å². The second-order valence-electron chi connectivity index (χ2n) is 13.9. The van der Waals surface area contributed by atoms with Gasteiger partial charge in [-0.25, -0.2) is 4.79 Å². The van der Waals surface area contributed by atoms with E-state index in [1.807, 2.05) is 74.6 Å². The van der Waals surface area contributed by atoms with E-state index in [1.165, 1.54) is 0 Å². The molecule has 3 aromatic carbocycles. The number of rotatable bonds is 7. The number of nitrogens with zero attached hydrogens (tertiary/aromatic N) is 3. The lowest BCUT2D eigenvalue weighted by molar-refractivity contribution is -0.151. The Hall–Kier alpha value is -3.74. The Morgan fingerprint density at radius 1 is 1.06 bits per heavy atom. The molecule has 4 heterocycles. The van der Waals surface area contributed by atoms with Crippen LogP contribution in [0.1, 0.15) is 35.6 Å². The number of ether oxygens (including phenoxy) is 2. The molecule has 0 aromatic heterocycles. The Bertz CT molecular complexity index is 1780. The fraction of sp³-hybridized carbons (Fsp3) is 0.417. The molecule has 1 spiro atoms. The van der Waals surface area contributed by atoms with Gasteiger partial charge in [-0.2, -0.15) is 0 Å². The fourth-order valence-corrected chi connectivity index (χ4v) is 11.1. The summed E-state index contributed by atoms with van der Waals surface area (Å²) in [5.41, 5.74) is 3.00. The summed E-state index contributed by atoms with van der Waals surface area (Å²) in [6.07, 6.45) is -0.634. The zero-order valence-corrected chi connectivity index (χ0v) is 29.0. The molecular weight excluding hydrogens is 650 g/mol. The minimum atomic E-state index is -3.03. The Labute approximate surface area is 285 Å². The monoisotopic (exact) mass is 689 g/mol. The molecular formula is C36H40ClN3O7Si. The molecule has 0 unspecified atom stereocenters. The van der Waals surface area contributed by atoms with Crippen molar-refractivity contribution in [2.75, 3.05) is 29.6 Å². The van der Waals surface area contributed by atoms with Gasteiger partial charge in [-0.1, -0.05) is 54.9 Å². The lowest BCUT2D eigenvalue weighted by Crippen LogP contribution is -2.48. The van der Waals surface area contributed by atoms with Crippen LogP contribution in [-0.4, -0.2) is 72.9 Å². The number of cyclic esters (lactones) is 1. The van der Waals surface area contributed by atoms with Gasteiger partial charge in [0.25, 0.3) is 5.91 Å². The van der Waals surface area contributed by atoms with E-state index in [4.69, 9.17) is 21.1 Å². The third kappa shape index (κ3) is 5.41. The molecule has 7 rings (SSSR count). The number of benzene rings is 3. The first kappa shape index (κ1) is 32.8. The zero-order chi connectivity index (χ0) is 34.0. The predicted molar refractivity (Wildman–Crippen MR) is 183 cm³/mol. The van der Waals surface area contributed by atoms with Gasteiger partial charge in [0.05, 0.1) is 44.0 Å². The number of halogens is 1. The van der Waals surface area contributed by atoms with E-state index in [0.29, 0.717) is 48.1 Å². The molecule has 48 heavy (non-hydrogen) atoms. The van der Waals surface area contributed by atoms with E-state index < -0.39 is 37.6 Å². The number of aliphatic hydroxyl groups excluding tert-OH is 1. The normalized spacial score (nSPS) is 26.7. The molecule has 2 N–H and O–H groups in total. The predicted octanol–water partition coefficient (Wildman–Crippen LogP) is 4.98. The minimum Gasteiger partial charge on any atom is -0.447 e. The second kappa shape index (κ2) is 12.3. The van der Waals surface area contributed by atoms with Crippen molar-refractivity contribution in [2.45, 2.75) is 69.2 Å².